The third-order valence-electron chi connectivity index (χ3n) is 3.59. The van der Waals surface area contributed by atoms with E-state index in [1.165, 1.54) is 24.3 Å². The Bertz CT molecular complexity index is 558. The largest absolute Gasteiger partial charge is 0.444 e. The van der Waals surface area contributed by atoms with Crippen LogP contribution < -0.4 is 5.32 Å². The van der Waals surface area contributed by atoms with E-state index < -0.39 is 5.60 Å². The van der Waals surface area contributed by atoms with E-state index in [2.05, 4.69) is 5.32 Å². The second-order valence-electron chi connectivity index (χ2n) is 6.72. The van der Waals surface area contributed by atoms with Crippen molar-refractivity contribution in [1.29, 1.82) is 0 Å². The lowest BCUT2D eigenvalue weighted by atomic mass is 10.0. The van der Waals surface area contributed by atoms with Gasteiger partial charge in [-0.05, 0) is 57.9 Å². The van der Waals surface area contributed by atoms with E-state index in [0.717, 1.165) is 0 Å². The minimum Gasteiger partial charge on any atom is -0.444 e. The zero-order chi connectivity index (χ0) is 17.0. The molecule has 1 heterocycles. The molecule has 1 aliphatic heterocycles. The van der Waals surface area contributed by atoms with Gasteiger partial charge in [-0.25, -0.2) is 9.18 Å². The first-order valence-corrected chi connectivity index (χ1v) is 7.79. The molecule has 2 amide bonds. The zero-order valence-corrected chi connectivity index (χ0v) is 13.8. The van der Waals surface area contributed by atoms with Gasteiger partial charge >= 0.3 is 6.09 Å². The maximum Gasteiger partial charge on any atom is 0.410 e. The van der Waals surface area contributed by atoms with Crippen molar-refractivity contribution < 1.29 is 18.7 Å². The van der Waals surface area contributed by atoms with Crippen LogP contribution in [0.25, 0.3) is 0 Å². The summed E-state index contributed by atoms with van der Waals surface area (Å²) in [5, 5.41) is 2.92. The summed E-state index contributed by atoms with van der Waals surface area (Å²) in [4.78, 5) is 25.7. The third-order valence-corrected chi connectivity index (χ3v) is 3.59. The predicted molar refractivity (Wildman–Crippen MR) is 84.7 cm³/mol. The van der Waals surface area contributed by atoms with Crippen molar-refractivity contribution in [1.82, 2.24) is 10.2 Å². The van der Waals surface area contributed by atoms with Crippen LogP contribution in [0.5, 0.6) is 0 Å². The Morgan fingerprint density at radius 1 is 1.17 bits per heavy atom. The van der Waals surface area contributed by atoms with Crippen LogP contribution in [0.3, 0.4) is 0 Å². The molecular formula is C17H23FN2O3. The van der Waals surface area contributed by atoms with Crippen LogP contribution >= 0.6 is 0 Å². The van der Waals surface area contributed by atoms with E-state index in [1.807, 2.05) is 20.8 Å². The number of hydrogen-bond acceptors (Lipinski definition) is 3. The van der Waals surface area contributed by atoms with Gasteiger partial charge < -0.3 is 15.0 Å². The summed E-state index contributed by atoms with van der Waals surface area (Å²) in [6.45, 7) is 6.59. The first-order chi connectivity index (χ1) is 10.7. The molecule has 0 unspecified atom stereocenters. The molecule has 1 aromatic rings. The van der Waals surface area contributed by atoms with E-state index >= 15 is 0 Å². The number of carbonyl (C=O) groups is 2. The van der Waals surface area contributed by atoms with Gasteiger partial charge in [0.15, 0.2) is 0 Å². The molecule has 1 fully saturated rings. The average Bonchev–Trinajstić information content (AvgIpc) is 2.46. The van der Waals surface area contributed by atoms with Gasteiger partial charge in [-0.15, -0.1) is 0 Å². The van der Waals surface area contributed by atoms with E-state index in [1.54, 1.807) is 4.90 Å². The van der Waals surface area contributed by atoms with E-state index in [-0.39, 0.29) is 23.9 Å². The van der Waals surface area contributed by atoms with Crippen molar-refractivity contribution in [2.75, 3.05) is 13.1 Å². The Labute approximate surface area is 135 Å². The topological polar surface area (TPSA) is 58.6 Å². The number of benzene rings is 1. The lowest BCUT2D eigenvalue weighted by Gasteiger charge is -2.33. The molecule has 6 heteroatoms. The fraction of sp³-hybridized carbons (Fsp3) is 0.529. The fourth-order valence-electron chi connectivity index (χ4n) is 2.40. The molecule has 0 atom stereocenters. The van der Waals surface area contributed by atoms with Gasteiger partial charge in [0.1, 0.15) is 11.4 Å². The number of nitrogens with zero attached hydrogens (tertiary/aromatic N) is 1. The molecule has 0 saturated carbocycles. The number of halogens is 1. The second kappa shape index (κ2) is 6.98. The second-order valence-corrected chi connectivity index (χ2v) is 6.72. The van der Waals surface area contributed by atoms with E-state index in [9.17, 15) is 14.0 Å². The zero-order valence-electron chi connectivity index (χ0n) is 13.8. The van der Waals surface area contributed by atoms with Crippen molar-refractivity contribution in [3.63, 3.8) is 0 Å². The van der Waals surface area contributed by atoms with Crippen molar-refractivity contribution in [3.05, 3.63) is 35.6 Å². The monoisotopic (exact) mass is 322 g/mol. The Balaban J connectivity index is 1.81. The first-order valence-electron chi connectivity index (χ1n) is 7.79. The highest BCUT2D eigenvalue weighted by molar-refractivity contribution is 5.94. The molecule has 1 saturated heterocycles. The molecule has 2 rings (SSSR count). The van der Waals surface area contributed by atoms with Crippen molar-refractivity contribution >= 4 is 12.0 Å². The van der Waals surface area contributed by atoms with Crippen molar-refractivity contribution in [2.45, 2.75) is 45.3 Å². The molecule has 1 aliphatic rings. The average molecular weight is 322 g/mol. The summed E-state index contributed by atoms with van der Waals surface area (Å²) >= 11 is 0. The quantitative estimate of drug-likeness (QED) is 0.911. The van der Waals surface area contributed by atoms with Gasteiger partial charge in [0, 0.05) is 24.7 Å². The molecule has 1 N–H and O–H groups in total. The summed E-state index contributed by atoms with van der Waals surface area (Å²) < 4.78 is 18.2. The number of carbonyl (C=O) groups excluding carboxylic acids is 2. The molecular weight excluding hydrogens is 299 g/mol. The van der Waals surface area contributed by atoms with Crippen molar-refractivity contribution in [2.24, 2.45) is 0 Å². The summed E-state index contributed by atoms with van der Waals surface area (Å²) in [7, 11) is 0. The number of rotatable bonds is 2. The van der Waals surface area contributed by atoms with Crippen LogP contribution in [0, 0.1) is 5.82 Å². The van der Waals surface area contributed by atoms with Gasteiger partial charge in [0.25, 0.3) is 5.91 Å². The predicted octanol–water partition coefficient (Wildman–Crippen LogP) is 2.96. The number of amides is 2. The molecule has 5 nitrogen and oxygen atoms in total. The molecule has 0 bridgehead atoms. The maximum atomic E-state index is 12.9. The number of likely N-dealkylation sites (tertiary alicyclic amines) is 1. The molecule has 23 heavy (non-hydrogen) atoms. The Morgan fingerprint density at radius 2 is 1.74 bits per heavy atom. The SMILES string of the molecule is CC(C)(C)OC(=O)N1CCC(NC(=O)c2ccc(F)cc2)CC1. The summed E-state index contributed by atoms with van der Waals surface area (Å²) in [6, 6.07) is 5.45. The Morgan fingerprint density at radius 3 is 2.26 bits per heavy atom. The number of piperidine rings is 1. The molecule has 0 aliphatic carbocycles. The van der Waals surface area contributed by atoms with Crippen LogP contribution in [0.2, 0.25) is 0 Å². The third kappa shape index (κ3) is 5.23. The fourth-order valence-corrected chi connectivity index (χ4v) is 2.40. The molecule has 0 aromatic heterocycles. The van der Waals surface area contributed by atoms with Gasteiger partial charge in [-0.1, -0.05) is 0 Å². The van der Waals surface area contributed by atoms with Crippen LogP contribution in [-0.4, -0.2) is 41.6 Å². The summed E-state index contributed by atoms with van der Waals surface area (Å²) in [6.07, 6.45) is 1.03. The molecule has 126 valence electrons. The normalized spacial score (nSPS) is 16.1. The van der Waals surface area contributed by atoms with E-state index in [0.29, 0.717) is 31.5 Å². The van der Waals surface area contributed by atoms with Crippen LogP contribution in [0.4, 0.5) is 9.18 Å². The van der Waals surface area contributed by atoms with Gasteiger partial charge in [-0.2, -0.15) is 0 Å². The summed E-state index contributed by atoms with van der Waals surface area (Å²) in [5.41, 5.74) is -0.0777. The highest BCUT2D eigenvalue weighted by Crippen LogP contribution is 2.16. The number of nitrogens with one attached hydrogen (secondary N) is 1. The first kappa shape index (κ1) is 17.2. The van der Waals surface area contributed by atoms with Gasteiger partial charge in [0.05, 0.1) is 0 Å². The minimum atomic E-state index is -0.509. The smallest absolute Gasteiger partial charge is 0.410 e. The maximum absolute atomic E-state index is 12.9. The minimum absolute atomic E-state index is 0.00578. The highest BCUT2D eigenvalue weighted by Gasteiger charge is 2.27. The lowest BCUT2D eigenvalue weighted by Crippen LogP contribution is -2.47. The molecule has 0 spiro atoms. The van der Waals surface area contributed by atoms with Gasteiger partial charge in [-0.3, -0.25) is 4.79 Å². The Hall–Kier alpha value is -2.11. The Kier molecular flexibility index (Phi) is 5.23. The van der Waals surface area contributed by atoms with E-state index in [4.69, 9.17) is 4.74 Å². The number of hydrogen-bond donors (Lipinski definition) is 1. The molecule has 1 aromatic carbocycles. The van der Waals surface area contributed by atoms with Gasteiger partial charge in [0.2, 0.25) is 0 Å². The molecule has 0 radical (unpaired) electrons. The van der Waals surface area contributed by atoms with Crippen molar-refractivity contribution in [3.8, 4) is 0 Å². The summed E-state index contributed by atoms with van der Waals surface area (Å²) in [5.74, 6) is -0.590. The highest BCUT2D eigenvalue weighted by atomic mass is 19.1. The van der Waals surface area contributed by atoms with Crippen LogP contribution in [-0.2, 0) is 4.74 Å². The number of ether oxygens (including phenoxy) is 1. The van der Waals surface area contributed by atoms with Crippen LogP contribution in [0.15, 0.2) is 24.3 Å². The standard InChI is InChI=1S/C17H23FN2O3/c1-17(2,3)23-16(22)20-10-8-14(9-11-20)19-15(21)12-4-6-13(18)7-5-12/h4-7,14H,8-11H2,1-3H3,(H,19,21). The van der Waals surface area contributed by atoms with Crippen LogP contribution in [0.1, 0.15) is 44.0 Å². The lowest BCUT2D eigenvalue weighted by molar-refractivity contribution is 0.0199.